The number of fused-ring (bicyclic) bond motifs is 1. The molecule has 22 heavy (non-hydrogen) atoms. The molecule has 0 unspecified atom stereocenters. The van der Waals surface area contributed by atoms with Crippen LogP contribution in [0.25, 0.3) is 10.9 Å². The number of benzene rings is 1. The van der Waals surface area contributed by atoms with Crippen molar-refractivity contribution >= 4 is 26.8 Å². The average Bonchev–Trinajstić information content (AvgIpc) is 3.07. The number of nitrogens with zero attached hydrogens (tertiary/aromatic N) is 2. The van der Waals surface area contributed by atoms with Crippen LogP contribution in [0, 0.1) is 6.92 Å². The summed E-state index contributed by atoms with van der Waals surface area (Å²) in [6.45, 7) is 3.55. The zero-order valence-electron chi connectivity index (χ0n) is 12.9. The lowest BCUT2D eigenvalue weighted by Gasteiger charge is -2.08. The lowest BCUT2D eigenvalue weighted by atomic mass is 10.0. The monoisotopic (exact) mass is 321 g/mol. The van der Waals surface area contributed by atoms with Gasteiger partial charge < -0.3 is 10.1 Å². The minimum absolute atomic E-state index is 0.590. The van der Waals surface area contributed by atoms with Crippen LogP contribution in [-0.2, 0) is 16.4 Å². The fraction of sp³-hybridized carbons (Fsp3) is 0.400. The number of hydrogen-bond acceptors (Lipinski definition) is 5. The molecule has 0 bridgehead atoms. The highest BCUT2D eigenvalue weighted by Crippen LogP contribution is 2.32. The van der Waals surface area contributed by atoms with Gasteiger partial charge in [-0.05, 0) is 24.6 Å². The number of aliphatic imine (C=N–C) groups is 1. The summed E-state index contributed by atoms with van der Waals surface area (Å²) in [6, 6.07) is 3.59. The molecule has 1 aliphatic rings. The number of amidine groups is 1. The predicted octanol–water partition coefficient (Wildman–Crippen LogP) is 1.31. The summed E-state index contributed by atoms with van der Waals surface area (Å²) in [7, 11) is -1.75. The molecule has 0 spiro atoms. The molecule has 0 amide bonds. The molecule has 0 saturated heterocycles. The predicted molar refractivity (Wildman–Crippen MR) is 87.5 cm³/mol. The molecule has 1 aliphatic heterocycles. The van der Waals surface area contributed by atoms with E-state index >= 15 is 0 Å². The molecular weight excluding hydrogens is 302 g/mol. The smallest absolute Gasteiger partial charge is 0.236 e. The molecule has 3 rings (SSSR count). The van der Waals surface area contributed by atoms with Crippen molar-refractivity contribution < 1.29 is 13.2 Å². The Morgan fingerprint density at radius 2 is 2.18 bits per heavy atom. The minimum atomic E-state index is -3.36. The fourth-order valence-electron chi connectivity index (χ4n) is 2.92. The second-order valence-electron chi connectivity index (χ2n) is 5.43. The standard InChI is InChI=1S/C15H19N3O3S/c1-10-13(21-2)5-4-12-15(10)11(8-14-16-6-7-17-14)9-18(12)22(3,19)20/h4-5,9H,6-8H2,1-3H3,(H,16,17). The Labute approximate surface area is 129 Å². The average molecular weight is 321 g/mol. The highest BCUT2D eigenvalue weighted by atomic mass is 32.2. The second-order valence-corrected chi connectivity index (χ2v) is 7.29. The maximum atomic E-state index is 12.0. The third-order valence-corrected chi connectivity index (χ3v) is 4.92. The highest BCUT2D eigenvalue weighted by molar-refractivity contribution is 7.89. The summed E-state index contributed by atoms with van der Waals surface area (Å²) >= 11 is 0. The Morgan fingerprint density at radius 1 is 1.41 bits per heavy atom. The quantitative estimate of drug-likeness (QED) is 0.921. The van der Waals surface area contributed by atoms with Gasteiger partial charge in [0.25, 0.3) is 0 Å². The van der Waals surface area contributed by atoms with E-state index in [0.717, 1.165) is 41.2 Å². The number of ether oxygens (including phenoxy) is 1. The highest BCUT2D eigenvalue weighted by Gasteiger charge is 2.20. The SMILES string of the molecule is COc1ccc2c(c(CC3=NCCN3)cn2S(C)(=O)=O)c1C. The van der Waals surface area contributed by atoms with E-state index in [1.54, 1.807) is 25.4 Å². The van der Waals surface area contributed by atoms with Crippen LogP contribution in [0.5, 0.6) is 5.75 Å². The van der Waals surface area contributed by atoms with Gasteiger partial charge in [0.15, 0.2) is 0 Å². The van der Waals surface area contributed by atoms with Crippen LogP contribution in [0.4, 0.5) is 0 Å². The Bertz CT molecular complexity index is 866. The van der Waals surface area contributed by atoms with Crippen LogP contribution in [-0.4, -0.2) is 44.7 Å². The summed E-state index contributed by atoms with van der Waals surface area (Å²) < 4.78 is 30.8. The number of nitrogens with one attached hydrogen (secondary N) is 1. The molecule has 0 radical (unpaired) electrons. The van der Waals surface area contributed by atoms with E-state index < -0.39 is 10.0 Å². The number of aryl methyl sites for hydroxylation is 1. The molecule has 1 aromatic carbocycles. The molecule has 1 N–H and O–H groups in total. The van der Waals surface area contributed by atoms with Crippen molar-refractivity contribution in [3.63, 3.8) is 0 Å². The minimum Gasteiger partial charge on any atom is -0.496 e. The van der Waals surface area contributed by atoms with E-state index in [2.05, 4.69) is 10.3 Å². The van der Waals surface area contributed by atoms with Crippen molar-refractivity contribution in [3.8, 4) is 5.75 Å². The van der Waals surface area contributed by atoms with Gasteiger partial charge in [0, 0.05) is 30.1 Å². The zero-order chi connectivity index (χ0) is 15.9. The van der Waals surface area contributed by atoms with Gasteiger partial charge in [0.1, 0.15) is 11.6 Å². The van der Waals surface area contributed by atoms with Crippen LogP contribution in [0.2, 0.25) is 0 Å². The first-order valence-corrected chi connectivity index (χ1v) is 8.92. The molecule has 0 fully saturated rings. The normalized spacial score (nSPS) is 15.0. The van der Waals surface area contributed by atoms with Gasteiger partial charge in [-0.1, -0.05) is 0 Å². The van der Waals surface area contributed by atoms with Crippen molar-refractivity contribution in [2.45, 2.75) is 13.3 Å². The maximum Gasteiger partial charge on any atom is 0.236 e. The Kier molecular flexibility index (Phi) is 3.60. The fourth-order valence-corrected chi connectivity index (χ4v) is 3.75. The first kappa shape index (κ1) is 14.9. The lowest BCUT2D eigenvalue weighted by molar-refractivity contribution is 0.412. The van der Waals surface area contributed by atoms with E-state index in [1.165, 1.54) is 10.2 Å². The Morgan fingerprint density at radius 3 is 2.77 bits per heavy atom. The number of rotatable bonds is 4. The number of hydrogen-bond donors (Lipinski definition) is 1. The second kappa shape index (κ2) is 5.31. The molecule has 0 saturated carbocycles. The molecule has 0 aliphatic carbocycles. The molecular formula is C15H19N3O3S. The van der Waals surface area contributed by atoms with Gasteiger partial charge in [-0.2, -0.15) is 0 Å². The van der Waals surface area contributed by atoms with E-state index in [1.807, 2.05) is 6.92 Å². The molecule has 1 aromatic heterocycles. The number of aromatic nitrogens is 1. The van der Waals surface area contributed by atoms with E-state index in [0.29, 0.717) is 11.9 Å². The lowest BCUT2D eigenvalue weighted by Crippen LogP contribution is -2.20. The van der Waals surface area contributed by atoms with Crippen LogP contribution in [0.3, 0.4) is 0 Å². The molecule has 2 aromatic rings. The van der Waals surface area contributed by atoms with E-state index in [4.69, 9.17) is 4.74 Å². The molecule has 2 heterocycles. The van der Waals surface area contributed by atoms with E-state index in [-0.39, 0.29) is 0 Å². The van der Waals surface area contributed by atoms with Crippen molar-refractivity contribution in [1.29, 1.82) is 0 Å². The molecule has 0 atom stereocenters. The van der Waals surface area contributed by atoms with Gasteiger partial charge >= 0.3 is 0 Å². The maximum absolute atomic E-state index is 12.0. The summed E-state index contributed by atoms with van der Waals surface area (Å²) in [4.78, 5) is 4.40. The summed E-state index contributed by atoms with van der Waals surface area (Å²) in [5, 5.41) is 4.14. The largest absolute Gasteiger partial charge is 0.496 e. The molecule has 118 valence electrons. The Hall–Kier alpha value is -2.02. The molecule has 7 heteroatoms. The topological polar surface area (TPSA) is 72.7 Å². The summed E-state index contributed by atoms with van der Waals surface area (Å²) in [5.74, 6) is 1.65. The van der Waals surface area contributed by atoms with Crippen molar-refractivity contribution in [1.82, 2.24) is 9.29 Å². The zero-order valence-corrected chi connectivity index (χ0v) is 13.7. The van der Waals surface area contributed by atoms with Crippen molar-refractivity contribution in [3.05, 3.63) is 29.5 Å². The van der Waals surface area contributed by atoms with Gasteiger partial charge in [-0.15, -0.1) is 0 Å². The molecule has 6 nitrogen and oxygen atoms in total. The third kappa shape index (κ3) is 2.45. The first-order valence-electron chi connectivity index (χ1n) is 7.07. The van der Waals surface area contributed by atoms with Gasteiger partial charge in [0.2, 0.25) is 10.0 Å². The van der Waals surface area contributed by atoms with Gasteiger partial charge in [0.05, 0.1) is 25.4 Å². The van der Waals surface area contributed by atoms with Crippen LogP contribution < -0.4 is 10.1 Å². The van der Waals surface area contributed by atoms with Crippen LogP contribution in [0.1, 0.15) is 11.1 Å². The first-order chi connectivity index (χ1) is 10.4. The van der Waals surface area contributed by atoms with Crippen molar-refractivity contribution in [2.75, 3.05) is 26.5 Å². The van der Waals surface area contributed by atoms with Crippen LogP contribution in [0.15, 0.2) is 23.3 Å². The van der Waals surface area contributed by atoms with Gasteiger partial charge in [-0.3, -0.25) is 4.99 Å². The van der Waals surface area contributed by atoms with E-state index in [9.17, 15) is 8.42 Å². The number of methoxy groups -OCH3 is 1. The summed E-state index contributed by atoms with van der Waals surface area (Å²) in [6.07, 6.45) is 3.49. The summed E-state index contributed by atoms with van der Waals surface area (Å²) in [5.41, 5.74) is 2.55. The third-order valence-electron chi connectivity index (χ3n) is 3.90. The van der Waals surface area contributed by atoms with Crippen LogP contribution >= 0.6 is 0 Å². The van der Waals surface area contributed by atoms with Crippen molar-refractivity contribution in [2.24, 2.45) is 4.99 Å². The van der Waals surface area contributed by atoms with Gasteiger partial charge in [-0.25, -0.2) is 12.4 Å². The Balaban J connectivity index is 2.25.